The van der Waals surface area contributed by atoms with Gasteiger partial charge < -0.3 is 10.2 Å². The number of aromatic hydroxyl groups is 1. The molecule has 1 aromatic heterocycles. The summed E-state index contributed by atoms with van der Waals surface area (Å²) in [7, 11) is 0. The topological polar surface area (TPSA) is 119 Å². The van der Waals surface area contributed by atoms with Crippen LogP contribution in [0.25, 0.3) is 10.9 Å². The third-order valence-electron chi connectivity index (χ3n) is 3.30. The summed E-state index contributed by atoms with van der Waals surface area (Å²) in [5.74, 6) is -1.61. The minimum atomic E-state index is -1.31. The highest BCUT2D eigenvalue weighted by molar-refractivity contribution is 6.00. The molecule has 0 aliphatic rings. The Morgan fingerprint density at radius 3 is 2.46 bits per heavy atom. The highest BCUT2D eigenvalue weighted by Crippen LogP contribution is 2.37. The van der Waals surface area contributed by atoms with Crippen LogP contribution in [0.1, 0.15) is 16.1 Å². The van der Waals surface area contributed by atoms with E-state index in [1.54, 1.807) is 48.5 Å². The van der Waals surface area contributed by atoms with Gasteiger partial charge in [-0.15, -0.1) is 5.11 Å². The Morgan fingerprint density at radius 1 is 1.08 bits per heavy atom. The lowest BCUT2D eigenvalue weighted by molar-refractivity contribution is 0.0691. The highest BCUT2D eigenvalue weighted by atomic mass is 16.4. The summed E-state index contributed by atoms with van der Waals surface area (Å²) in [6.07, 6.45) is 0. The van der Waals surface area contributed by atoms with Crippen molar-refractivity contribution < 1.29 is 15.0 Å². The number of carboxylic acids is 1. The van der Waals surface area contributed by atoms with Crippen molar-refractivity contribution in [1.82, 2.24) is 4.98 Å². The fraction of sp³-hybridized carbons (Fsp3) is 0. The second kappa shape index (κ2) is 6.14. The van der Waals surface area contributed by atoms with Gasteiger partial charge in [0, 0.05) is 5.39 Å². The molecule has 7 nitrogen and oxygen atoms in total. The molecule has 0 atom stereocenters. The van der Waals surface area contributed by atoms with Gasteiger partial charge >= 0.3 is 5.97 Å². The standard InChI is InChI=1S/C17H10N4O3/c18-9-10-5-7-11(8-6-10)20-21-14-15(17(23)24)19-13-4-2-1-3-12(13)16(14)22/h1-8H,(H,19,22)(H,23,24)/b21-20+. The van der Waals surface area contributed by atoms with Gasteiger partial charge in [0.25, 0.3) is 0 Å². The van der Waals surface area contributed by atoms with Crippen LogP contribution in [0.3, 0.4) is 0 Å². The second-order valence-corrected chi connectivity index (χ2v) is 4.84. The van der Waals surface area contributed by atoms with Crippen molar-refractivity contribution in [2.75, 3.05) is 0 Å². The van der Waals surface area contributed by atoms with Crippen LogP contribution in [0, 0.1) is 11.3 Å². The average molecular weight is 318 g/mol. The van der Waals surface area contributed by atoms with Gasteiger partial charge in [-0.05, 0) is 36.4 Å². The van der Waals surface area contributed by atoms with Crippen LogP contribution in [0.2, 0.25) is 0 Å². The van der Waals surface area contributed by atoms with Crippen LogP contribution in [0.4, 0.5) is 11.4 Å². The first-order valence-electron chi connectivity index (χ1n) is 6.87. The lowest BCUT2D eigenvalue weighted by atomic mass is 10.1. The van der Waals surface area contributed by atoms with Gasteiger partial charge in [0.1, 0.15) is 0 Å². The molecule has 0 saturated heterocycles. The zero-order valence-corrected chi connectivity index (χ0v) is 12.2. The van der Waals surface area contributed by atoms with Crippen LogP contribution < -0.4 is 0 Å². The smallest absolute Gasteiger partial charge is 0.357 e. The maximum absolute atomic E-state index is 11.4. The van der Waals surface area contributed by atoms with Crippen molar-refractivity contribution >= 4 is 28.2 Å². The third kappa shape index (κ3) is 2.76. The number of azo groups is 1. The highest BCUT2D eigenvalue weighted by Gasteiger charge is 2.19. The van der Waals surface area contributed by atoms with Crippen molar-refractivity contribution in [3.05, 3.63) is 59.8 Å². The van der Waals surface area contributed by atoms with Gasteiger partial charge in [-0.2, -0.15) is 10.4 Å². The molecule has 0 bridgehead atoms. The summed E-state index contributed by atoms with van der Waals surface area (Å²) >= 11 is 0. The van der Waals surface area contributed by atoms with Gasteiger partial charge in [0.05, 0.1) is 22.8 Å². The number of hydrogen-bond acceptors (Lipinski definition) is 6. The molecule has 0 aliphatic carbocycles. The Bertz CT molecular complexity index is 1000. The largest absolute Gasteiger partial charge is 0.505 e. The first kappa shape index (κ1) is 15.1. The molecule has 0 fully saturated rings. The molecule has 116 valence electrons. The van der Waals surface area contributed by atoms with Gasteiger partial charge in [-0.3, -0.25) is 0 Å². The zero-order chi connectivity index (χ0) is 17.1. The molecular formula is C17H10N4O3. The van der Waals surface area contributed by atoms with Crippen LogP contribution >= 0.6 is 0 Å². The monoisotopic (exact) mass is 318 g/mol. The molecule has 3 rings (SSSR count). The number of fused-ring (bicyclic) bond motifs is 1. The number of carbonyl (C=O) groups is 1. The summed E-state index contributed by atoms with van der Waals surface area (Å²) in [4.78, 5) is 15.4. The molecular weight excluding hydrogens is 308 g/mol. The summed E-state index contributed by atoms with van der Waals surface area (Å²) in [6, 6.07) is 14.8. The van der Waals surface area contributed by atoms with E-state index in [1.165, 1.54) is 0 Å². The fourth-order valence-corrected chi connectivity index (χ4v) is 2.14. The number of carboxylic acid groups (broad SMARTS) is 1. The van der Waals surface area contributed by atoms with Crippen molar-refractivity contribution in [2.24, 2.45) is 10.2 Å². The molecule has 2 aromatic carbocycles. The van der Waals surface area contributed by atoms with Gasteiger partial charge in [-0.1, -0.05) is 12.1 Å². The molecule has 24 heavy (non-hydrogen) atoms. The van der Waals surface area contributed by atoms with E-state index in [0.717, 1.165) is 0 Å². The molecule has 0 unspecified atom stereocenters. The Morgan fingerprint density at radius 2 is 1.79 bits per heavy atom. The van der Waals surface area contributed by atoms with Crippen molar-refractivity contribution in [1.29, 1.82) is 5.26 Å². The summed E-state index contributed by atoms with van der Waals surface area (Å²) in [5.41, 5.74) is 0.632. The summed E-state index contributed by atoms with van der Waals surface area (Å²) < 4.78 is 0. The number of benzene rings is 2. The van der Waals surface area contributed by atoms with E-state index in [4.69, 9.17) is 5.26 Å². The molecule has 2 N–H and O–H groups in total. The molecule has 0 spiro atoms. The lowest BCUT2D eigenvalue weighted by Crippen LogP contribution is -2.01. The minimum Gasteiger partial charge on any atom is -0.505 e. The van der Waals surface area contributed by atoms with E-state index in [2.05, 4.69) is 15.2 Å². The molecule has 3 aromatic rings. The first-order valence-corrected chi connectivity index (χ1v) is 6.87. The molecule has 7 heteroatoms. The predicted molar refractivity (Wildman–Crippen MR) is 85.7 cm³/mol. The lowest BCUT2D eigenvalue weighted by Gasteiger charge is -2.06. The Kier molecular flexibility index (Phi) is 3.87. The van der Waals surface area contributed by atoms with Crippen molar-refractivity contribution in [3.63, 3.8) is 0 Å². The van der Waals surface area contributed by atoms with Gasteiger partial charge in [-0.25, -0.2) is 9.78 Å². The van der Waals surface area contributed by atoms with Gasteiger partial charge in [0.2, 0.25) is 0 Å². The average Bonchev–Trinajstić information content (AvgIpc) is 2.61. The Labute approximate surface area is 136 Å². The van der Waals surface area contributed by atoms with Crippen molar-refractivity contribution in [3.8, 4) is 11.8 Å². The van der Waals surface area contributed by atoms with E-state index in [1.807, 2.05) is 6.07 Å². The van der Waals surface area contributed by atoms with Crippen molar-refractivity contribution in [2.45, 2.75) is 0 Å². The quantitative estimate of drug-likeness (QED) is 0.709. The van der Waals surface area contributed by atoms with E-state index in [-0.39, 0.29) is 17.1 Å². The van der Waals surface area contributed by atoms with E-state index in [9.17, 15) is 15.0 Å². The van der Waals surface area contributed by atoms with E-state index in [0.29, 0.717) is 22.2 Å². The summed E-state index contributed by atoms with van der Waals surface area (Å²) in [6.45, 7) is 0. The van der Waals surface area contributed by atoms with E-state index >= 15 is 0 Å². The SMILES string of the molecule is N#Cc1ccc(/N=N/c2c(C(=O)O)nc3ccccc3c2O)cc1. The van der Waals surface area contributed by atoms with Crippen LogP contribution in [-0.4, -0.2) is 21.2 Å². The number of nitrogens with zero attached hydrogens (tertiary/aromatic N) is 4. The first-order chi connectivity index (χ1) is 11.6. The third-order valence-corrected chi connectivity index (χ3v) is 3.30. The maximum atomic E-state index is 11.4. The number of nitriles is 1. The Hall–Kier alpha value is -3.79. The number of para-hydroxylation sites is 1. The van der Waals surface area contributed by atoms with Crippen LogP contribution in [0.15, 0.2) is 58.8 Å². The second-order valence-electron chi connectivity index (χ2n) is 4.84. The molecule has 1 heterocycles. The minimum absolute atomic E-state index is 0.217. The summed E-state index contributed by atoms with van der Waals surface area (Å²) in [5, 5.41) is 36.6. The molecule has 0 amide bonds. The van der Waals surface area contributed by atoms with Crippen LogP contribution in [-0.2, 0) is 0 Å². The fourth-order valence-electron chi connectivity index (χ4n) is 2.14. The zero-order valence-electron chi connectivity index (χ0n) is 12.2. The number of rotatable bonds is 3. The normalized spacial score (nSPS) is 10.8. The maximum Gasteiger partial charge on any atom is 0.357 e. The Balaban J connectivity index is 2.11. The molecule has 0 radical (unpaired) electrons. The number of aromatic nitrogens is 1. The predicted octanol–water partition coefficient (Wildman–Crippen LogP) is 3.93. The molecule has 0 saturated carbocycles. The number of pyridine rings is 1. The number of hydrogen-bond donors (Lipinski definition) is 2. The van der Waals surface area contributed by atoms with E-state index < -0.39 is 5.97 Å². The molecule has 0 aliphatic heterocycles. The van der Waals surface area contributed by atoms with Crippen LogP contribution in [0.5, 0.6) is 5.75 Å². The number of aromatic carboxylic acids is 1. The van der Waals surface area contributed by atoms with Gasteiger partial charge in [0.15, 0.2) is 17.1 Å².